The van der Waals surface area contributed by atoms with E-state index in [4.69, 9.17) is 21.5 Å². The molecule has 5 nitrogen and oxygen atoms in total. The Kier molecular flexibility index (Phi) is 8.79. The molecule has 0 radical (unpaired) electrons. The molecular weight excluding hydrogens is 743 g/mol. The van der Waals surface area contributed by atoms with Crippen LogP contribution in [0.4, 0.5) is 0 Å². The summed E-state index contributed by atoms with van der Waals surface area (Å²) >= 11 is 0. The Morgan fingerprint density at radius 2 is 0.951 bits per heavy atom. The zero-order valence-corrected chi connectivity index (χ0v) is 33.6. The van der Waals surface area contributed by atoms with Crippen LogP contribution in [0.15, 0.2) is 213 Å². The summed E-state index contributed by atoms with van der Waals surface area (Å²) in [5.74, 6) is 1.80. The van der Waals surface area contributed by atoms with Gasteiger partial charge in [-0.25, -0.2) is 4.98 Å². The third-order valence-corrected chi connectivity index (χ3v) is 11.7. The van der Waals surface area contributed by atoms with E-state index in [1.165, 1.54) is 21.9 Å². The van der Waals surface area contributed by atoms with E-state index in [0.717, 1.165) is 71.6 Å². The van der Waals surface area contributed by atoms with E-state index in [9.17, 15) is 0 Å². The van der Waals surface area contributed by atoms with Gasteiger partial charge in [-0.2, -0.15) is 9.97 Å². The highest BCUT2D eigenvalue weighted by molar-refractivity contribution is 6.33. The van der Waals surface area contributed by atoms with Crippen LogP contribution in [0.25, 0.3) is 100.0 Å². The Hall–Kier alpha value is -8.15. The fraction of sp³-hybridized carbons (Fsp3) is 0.0179. The lowest BCUT2D eigenvalue weighted by Crippen LogP contribution is -2.06. The van der Waals surface area contributed by atoms with Crippen molar-refractivity contribution in [2.75, 3.05) is 0 Å². The number of hydrogen-bond acceptors (Lipinski definition) is 3. The van der Waals surface area contributed by atoms with Crippen LogP contribution in [0.1, 0.15) is 18.1 Å². The monoisotopic (exact) mass is 781 g/mol. The molecule has 0 aliphatic heterocycles. The van der Waals surface area contributed by atoms with Crippen LogP contribution in [0, 0.1) is 0 Å². The summed E-state index contributed by atoms with van der Waals surface area (Å²) in [7, 11) is 0. The lowest BCUT2D eigenvalue weighted by atomic mass is 9.99. The van der Waals surface area contributed by atoms with Crippen LogP contribution in [0.5, 0.6) is 0 Å². The van der Waals surface area contributed by atoms with Crippen LogP contribution in [0.3, 0.4) is 0 Å². The van der Waals surface area contributed by atoms with Gasteiger partial charge in [-0.1, -0.05) is 183 Å². The minimum Gasteiger partial charge on any atom is -0.310 e. The lowest BCUT2D eigenvalue weighted by Gasteiger charge is -2.12. The quantitative estimate of drug-likeness (QED) is 0.144. The van der Waals surface area contributed by atoms with Crippen LogP contribution in [-0.2, 0) is 0 Å². The Morgan fingerprint density at radius 3 is 1.62 bits per heavy atom. The summed E-state index contributed by atoms with van der Waals surface area (Å²) in [6, 6.07) is 67.6. The summed E-state index contributed by atoms with van der Waals surface area (Å²) in [5.41, 5.74) is 11.5. The van der Waals surface area contributed by atoms with Crippen molar-refractivity contribution in [3.05, 3.63) is 224 Å². The van der Waals surface area contributed by atoms with Gasteiger partial charge in [-0.05, 0) is 70.3 Å². The van der Waals surface area contributed by atoms with Gasteiger partial charge in [-0.15, -0.1) is 0 Å². The van der Waals surface area contributed by atoms with Crippen molar-refractivity contribution < 1.29 is 0 Å². The maximum absolute atomic E-state index is 5.24. The topological polar surface area (TPSA) is 48.5 Å². The van der Waals surface area contributed by atoms with Crippen molar-refractivity contribution in [3.8, 4) is 28.7 Å². The molecule has 8 aromatic carbocycles. The van der Waals surface area contributed by atoms with Crippen molar-refractivity contribution in [2.24, 2.45) is 0 Å². The van der Waals surface area contributed by atoms with Crippen LogP contribution < -0.4 is 0 Å². The van der Waals surface area contributed by atoms with Crippen molar-refractivity contribution in [1.29, 1.82) is 0 Å². The minimum atomic E-state index is 0.562. The van der Waals surface area contributed by atoms with E-state index < -0.39 is 0 Å². The Morgan fingerprint density at radius 1 is 0.443 bits per heavy atom. The Labute approximate surface area is 353 Å². The predicted molar refractivity (Wildman–Crippen MR) is 255 cm³/mol. The molecule has 3 heterocycles. The molecule has 0 N–H and O–H groups in total. The van der Waals surface area contributed by atoms with E-state index in [1.807, 2.05) is 36.4 Å². The summed E-state index contributed by atoms with van der Waals surface area (Å²) in [6.07, 6.45) is 4.49. The molecule has 0 amide bonds. The molecule has 0 bridgehead atoms. The number of nitrogens with zero attached hydrogens (tertiary/aromatic N) is 5. The molecule has 0 aliphatic rings. The molecule has 0 unspecified atom stereocenters. The van der Waals surface area contributed by atoms with Gasteiger partial charge in [0, 0.05) is 38.4 Å². The Balaban J connectivity index is 1.21. The molecule has 0 saturated carbocycles. The van der Waals surface area contributed by atoms with E-state index in [1.54, 1.807) is 0 Å². The second-order valence-corrected chi connectivity index (χ2v) is 15.4. The first-order chi connectivity index (χ1) is 30.1. The number of hydrogen-bond donors (Lipinski definition) is 0. The van der Waals surface area contributed by atoms with E-state index in [0.29, 0.717) is 17.6 Å². The fourth-order valence-corrected chi connectivity index (χ4v) is 8.85. The SMILES string of the molecule is C=C(/C=C(\C=C(/C)c1ccccc1)c1ccccc1)n1c2ccccc2c2c3c4c5ccccc5ccc4n(-c4nc(-c5ccccc5)nc(-c5ccccc5)n4)c3ccc21. The molecule has 0 aliphatic carbocycles. The maximum Gasteiger partial charge on any atom is 0.238 e. The smallest absolute Gasteiger partial charge is 0.238 e. The van der Waals surface area contributed by atoms with E-state index >= 15 is 0 Å². The number of para-hydroxylation sites is 1. The van der Waals surface area contributed by atoms with Crippen molar-refractivity contribution in [2.45, 2.75) is 6.92 Å². The molecule has 0 spiro atoms. The molecule has 0 saturated heterocycles. The van der Waals surface area contributed by atoms with Gasteiger partial charge >= 0.3 is 0 Å². The average Bonchev–Trinajstić information content (AvgIpc) is 3.85. The van der Waals surface area contributed by atoms with Gasteiger partial charge in [0.15, 0.2) is 11.6 Å². The van der Waals surface area contributed by atoms with Gasteiger partial charge in [0.05, 0.1) is 22.1 Å². The zero-order valence-electron chi connectivity index (χ0n) is 33.6. The fourth-order valence-electron chi connectivity index (χ4n) is 8.85. The number of rotatable bonds is 8. The Bertz CT molecular complexity index is 3470. The first-order valence-corrected chi connectivity index (χ1v) is 20.6. The molecule has 61 heavy (non-hydrogen) atoms. The highest BCUT2D eigenvalue weighted by Crippen LogP contribution is 2.44. The third-order valence-electron chi connectivity index (χ3n) is 11.7. The second-order valence-electron chi connectivity index (χ2n) is 15.4. The molecule has 5 heteroatoms. The predicted octanol–water partition coefficient (Wildman–Crippen LogP) is 14.2. The van der Waals surface area contributed by atoms with Crippen LogP contribution >= 0.6 is 0 Å². The maximum atomic E-state index is 5.24. The number of allylic oxidation sites excluding steroid dienone is 5. The summed E-state index contributed by atoms with van der Waals surface area (Å²) < 4.78 is 4.54. The lowest BCUT2D eigenvalue weighted by molar-refractivity contribution is 0.954. The first-order valence-electron chi connectivity index (χ1n) is 20.6. The summed E-state index contributed by atoms with van der Waals surface area (Å²) in [4.78, 5) is 15.5. The molecule has 0 fully saturated rings. The number of aromatic nitrogens is 5. The summed E-state index contributed by atoms with van der Waals surface area (Å²) in [6.45, 7) is 6.96. The van der Waals surface area contributed by atoms with E-state index in [-0.39, 0.29) is 0 Å². The van der Waals surface area contributed by atoms with Gasteiger partial charge in [0.2, 0.25) is 5.95 Å². The molecule has 11 rings (SSSR count). The van der Waals surface area contributed by atoms with Gasteiger partial charge in [0.1, 0.15) is 0 Å². The number of benzene rings is 8. The highest BCUT2D eigenvalue weighted by atomic mass is 15.2. The molecule has 0 atom stereocenters. The van der Waals surface area contributed by atoms with Crippen molar-refractivity contribution in [3.63, 3.8) is 0 Å². The van der Waals surface area contributed by atoms with Gasteiger partial charge in [-0.3, -0.25) is 4.57 Å². The van der Waals surface area contributed by atoms with Crippen molar-refractivity contribution in [1.82, 2.24) is 24.1 Å². The van der Waals surface area contributed by atoms with Gasteiger partial charge < -0.3 is 4.57 Å². The normalized spacial score (nSPS) is 12.3. The molecule has 288 valence electrons. The highest BCUT2D eigenvalue weighted by Gasteiger charge is 2.24. The average molecular weight is 782 g/mol. The third kappa shape index (κ3) is 6.23. The minimum absolute atomic E-state index is 0.562. The molecular formula is C56H39N5. The second kappa shape index (κ2) is 14.9. The van der Waals surface area contributed by atoms with Crippen LogP contribution in [-0.4, -0.2) is 24.1 Å². The summed E-state index contributed by atoms with van der Waals surface area (Å²) in [5, 5.41) is 6.92. The van der Waals surface area contributed by atoms with Gasteiger partial charge in [0.25, 0.3) is 0 Å². The molecule has 11 aromatic rings. The van der Waals surface area contributed by atoms with Crippen LogP contribution in [0.2, 0.25) is 0 Å². The largest absolute Gasteiger partial charge is 0.310 e. The zero-order chi connectivity index (χ0) is 40.9. The molecule has 3 aromatic heterocycles. The standard InChI is InChI=1S/C56H39N5/c1-37(39-19-7-3-8-20-39)35-44(40-21-9-4-10-22-40)36-38(2)60-47-30-18-17-29-46(47)52-48(60)33-34-50-53(52)51-45-28-16-15-23-41(45)31-32-49(51)61(50)56-58-54(42-24-11-5-12-25-42)57-55(59-56)43-26-13-6-14-27-43/h3-36H,2H2,1H3/b37-35+,44-36+. The number of fused-ring (bicyclic) bond motifs is 9. The van der Waals surface area contributed by atoms with E-state index in [2.05, 4.69) is 186 Å². The van der Waals surface area contributed by atoms with Crippen molar-refractivity contribution >= 4 is 71.2 Å². The first kappa shape index (κ1) is 36.0.